The Morgan fingerprint density at radius 2 is 1.69 bits per heavy atom. The third-order valence-corrected chi connectivity index (χ3v) is 4.25. The van der Waals surface area contributed by atoms with Gasteiger partial charge in [-0.05, 0) is 42.2 Å². The van der Waals surface area contributed by atoms with Crippen LogP contribution in [0, 0.1) is 18.6 Å². The lowest BCUT2D eigenvalue weighted by atomic mass is 9.86. The van der Waals surface area contributed by atoms with Crippen molar-refractivity contribution in [1.82, 2.24) is 9.97 Å². The molecule has 0 unspecified atom stereocenters. The number of carbonyl (C=O) groups is 1. The fourth-order valence-electron chi connectivity index (χ4n) is 2.88. The molecule has 150 valence electrons. The van der Waals surface area contributed by atoms with Gasteiger partial charge in [0.2, 0.25) is 5.95 Å². The molecule has 0 aliphatic carbocycles. The minimum Gasteiger partial charge on any atom is -0.324 e. The van der Waals surface area contributed by atoms with E-state index in [4.69, 9.17) is 0 Å². The third kappa shape index (κ3) is 4.93. The largest absolute Gasteiger partial charge is 0.324 e. The van der Waals surface area contributed by atoms with E-state index in [1.807, 2.05) is 24.3 Å². The molecular formula is C22H22F2N4O. The number of aromatic nitrogens is 2. The maximum absolute atomic E-state index is 13.8. The second kappa shape index (κ2) is 7.95. The summed E-state index contributed by atoms with van der Waals surface area (Å²) in [6, 6.07) is 12.2. The first-order valence-corrected chi connectivity index (χ1v) is 9.12. The highest BCUT2D eigenvalue weighted by molar-refractivity contribution is 6.03. The number of nitrogens with zero attached hydrogens (tertiary/aromatic N) is 2. The minimum absolute atomic E-state index is 0.0666. The Balaban J connectivity index is 1.88. The minimum atomic E-state index is -0.860. The van der Waals surface area contributed by atoms with Crippen molar-refractivity contribution in [2.75, 3.05) is 10.6 Å². The molecule has 1 aromatic heterocycles. The van der Waals surface area contributed by atoms with Crippen LogP contribution in [0.2, 0.25) is 0 Å². The molecule has 7 heteroatoms. The van der Waals surface area contributed by atoms with Crippen molar-refractivity contribution in [2.24, 2.45) is 0 Å². The van der Waals surface area contributed by atoms with Gasteiger partial charge in [-0.1, -0.05) is 39.0 Å². The lowest BCUT2D eigenvalue weighted by Gasteiger charge is -2.23. The zero-order chi connectivity index (χ0) is 21.2. The topological polar surface area (TPSA) is 66.9 Å². The number of anilines is 3. The van der Waals surface area contributed by atoms with Gasteiger partial charge in [0.25, 0.3) is 5.91 Å². The molecule has 0 atom stereocenters. The maximum Gasteiger partial charge on any atom is 0.274 e. The Morgan fingerprint density at radius 3 is 2.38 bits per heavy atom. The summed E-state index contributed by atoms with van der Waals surface area (Å²) >= 11 is 0. The summed E-state index contributed by atoms with van der Waals surface area (Å²) in [5.74, 6) is -1.94. The van der Waals surface area contributed by atoms with Crippen LogP contribution in [0.1, 0.15) is 42.5 Å². The number of hydrogen-bond donors (Lipinski definition) is 2. The van der Waals surface area contributed by atoms with Gasteiger partial charge in [-0.2, -0.15) is 0 Å². The molecule has 5 nitrogen and oxygen atoms in total. The number of carbonyl (C=O) groups excluding carboxylic acids is 1. The molecule has 0 radical (unpaired) electrons. The van der Waals surface area contributed by atoms with Gasteiger partial charge < -0.3 is 10.6 Å². The van der Waals surface area contributed by atoms with Crippen molar-refractivity contribution in [2.45, 2.75) is 33.1 Å². The summed E-state index contributed by atoms with van der Waals surface area (Å²) in [4.78, 5) is 21.2. The first-order valence-electron chi connectivity index (χ1n) is 9.12. The monoisotopic (exact) mass is 396 g/mol. The molecule has 2 N–H and O–H groups in total. The lowest BCUT2D eigenvalue weighted by Crippen LogP contribution is -2.17. The zero-order valence-corrected chi connectivity index (χ0v) is 16.7. The van der Waals surface area contributed by atoms with Crippen LogP contribution in [-0.4, -0.2) is 15.9 Å². The number of halogens is 2. The van der Waals surface area contributed by atoms with E-state index in [2.05, 4.69) is 41.4 Å². The number of hydrogen-bond acceptors (Lipinski definition) is 4. The predicted octanol–water partition coefficient (Wildman–Crippen LogP) is 5.36. The number of nitrogens with one attached hydrogen (secondary N) is 2. The van der Waals surface area contributed by atoms with Crippen LogP contribution in [0.4, 0.5) is 26.1 Å². The number of para-hydroxylation sites is 1. The summed E-state index contributed by atoms with van der Waals surface area (Å²) in [7, 11) is 0. The highest BCUT2D eigenvalue weighted by Crippen LogP contribution is 2.30. The van der Waals surface area contributed by atoms with Gasteiger partial charge in [0.05, 0.1) is 5.69 Å². The van der Waals surface area contributed by atoms with E-state index in [9.17, 15) is 13.6 Å². The lowest BCUT2D eigenvalue weighted by molar-refractivity contribution is 0.102. The Kier molecular flexibility index (Phi) is 5.59. The van der Waals surface area contributed by atoms with Crippen molar-refractivity contribution in [3.05, 3.63) is 77.1 Å². The Labute approximate surface area is 168 Å². The van der Waals surface area contributed by atoms with Crippen molar-refractivity contribution < 1.29 is 13.6 Å². The van der Waals surface area contributed by atoms with Crippen molar-refractivity contribution in [3.63, 3.8) is 0 Å². The summed E-state index contributed by atoms with van der Waals surface area (Å²) in [5.41, 5.74) is 2.32. The Morgan fingerprint density at radius 1 is 0.966 bits per heavy atom. The Hall–Kier alpha value is -3.35. The van der Waals surface area contributed by atoms with Crippen LogP contribution in [-0.2, 0) is 5.41 Å². The van der Waals surface area contributed by atoms with Gasteiger partial charge in [0, 0.05) is 17.4 Å². The molecule has 0 aliphatic rings. The second-order valence-electron chi connectivity index (χ2n) is 7.72. The van der Waals surface area contributed by atoms with E-state index in [0.717, 1.165) is 23.4 Å². The molecule has 0 saturated heterocycles. The van der Waals surface area contributed by atoms with Crippen molar-refractivity contribution >= 4 is 23.2 Å². The Bertz CT molecular complexity index is 1060. The van der Waals surface area contributed by atoms with E-state index < -0.39 is 17.5 Å². The smallest absolute Gasteiger partial charge is 0.274 e. The number of rotatable bonds is 4. The quantitative estimate of drug-likeness (QED) is 0.623. The van der Waals surface area contributed by atoms with Crippen LogP contribution >= 0.6 is 0 Å². The summed E-state index contributed by atoms with van der Waals surface area (Å²) in [6.07, 6.45) is 0. The molecule has 3 rings (SSSR count). The van der Waals surface area contributed by atoms with Crippen molar-refractivity contribution in [3.8, 4) is 0 Å². The SMILES string of the molecule is Cc1cc(C(=O)Nc2ccc(F)cc2F)nc(Nc2ccccc2C(C)(C)C)n1. The van der Waals surface area contributed by atoms with Gasteiger partial charge >= 0.3 is 0 Å². The fraction of sp³-hybridized carbons (Fsp3) is 0.227. The fourth-order valence-corrected chi connectivity index (χ4v) is 2.88. The molecule has 29 heavy (non-hydrogen) atoms. The molecule has 3 aromatic rings. The van der Waals surface area contributed by atoms with E-state index in [-0.39, 0.29) is 22.7 Å². The molecule has 0 saturated carbocycles. The first kappa shape index (κ1) is 20.4. The molecule has 0 fully saturated rings. The molecule has 0 aliphatic heterocycles. The third-order valence-electron chi connectivity index (χ3n) is 4.25. The average Bonchev–Trinajstić information content (AvgIpc) is 2.63. The van der Waals surface area contributed by atoms with Crippen LogP contribution in [0.25, 0.3) is 0 Å². The van der Waals surface area contributed by atoms with Gasteiger partial charge in [0.1, 0.15) is 17.3 Å². The molecule has 0 spiro atoms. The standard InChI is InChI=1S/C22H22F2N4O/c1-13-11-19(20(29)26-18-10-9-14(23)12-16(18)24)28-21(25-13)27-17-8-6-5-7-15(17)22(2,3)4/h5-12H,1-4H3,(H,26,29)(H,25,27,28). The maximum atomic E-state index is 13.8. The molecule has 1 amide bonds. The number of amides is 1. The van der Waals surface area contributed by atoms with E-state index >= 15 is 0 Å². The van der Waals surface area contributed by atoms with Gasteiger partial charge in [-0.15, -0.1) is 0 Å². The van der Waals surface area contributed by atoms with Crippen LogP contribution in [0.5, 0.6) is 0 Å². The average molecular weight is 396 g/mol. The van der Waals surface area contributed by atoms with Gasteiger partial charge in [-0.3, -0.25) is 4.79 Å². The van der Waals surface area contributed by atoms with E-state index in [0.29, 0.717) is 11.8 Å². The summed E-state index contributed by atoms with van der Waals surface area (Å²) < 4.78 is 26.9. The normalized spacial score (nSPS) is 11.2. The molecule has 0 bridgehead atoms. The van der Waals surface area contributed by atoms with Gasteiger partial charge in [-0.25, -0.2) is 18.7 Å². The van der Waals surface area contributed by atoms with Crippen LogP contribution < -0.4 is 10.6 Å². The highest BCUT2D eigenvalue weighted by atomic mass is 19.1. The number of benzene rings is 2. The van der Waals surface area contributed by atoms with Crippen molar-refractivity contribution in [1.29, 1.82) is 0 Å². The van der Waals surface area contributed by atoms with Gasteiger partial charge in [0.15, 0.2) is 0 Å². The van der Waals surface area contributed by atoms with Crippen LogP contribution in [0.15, 0.2) is 48.5 Å². The van der Waals surface area contributed by atoms with Crippen LogP contribution in [0.3, 0.4) is 0 Å². The molecule has 2 aromatic carbocycles. The second-order valence-corrected chi connectivity index (χ2v) is 7.72. The van der Waals surface area contributed by atoms with E-state index in [1.165, 1.54) is 6.07 Å². The number of aryl methyl sites for hydroxylation is 1. The summed E-state index contributed by atoms with van der Waals surface area (Å²) in [5, 5.41) is 5.58. The highest BCUT2D eigenvalue weighted by Gasteiger charge is 2.19. The summed E-state index contributed by atoms with van der Waals surface area (Å²) in [6.45, 7) is 8.03. The molecule has 1 heterocycles. The first-order chi connectivity index (χ1) is 13.6. The zero-order valence-electron chi connectivity index (χ0n) is 16.7. The van der Waals surface area contributed by atoms with E-state index in [1.54, 1.807) is 6.92 Å². The molecular weight excluding hydrogens is 374 g/mol. The predicted molar refractivity (Wildman–Crippen MR) is 110 cm³/mol.